The number of carbonyl (C=O) groups excluding carboxylic acids is 2. The number of nitrogens with zero attached hydrogens (tertiary/aromatic N) is 1. The maximum atomic E-state index is 11.8. The molecule has 0 aromatic carbocycles. The molecule has 0 radical (unpaired) electrons. The van der Waals surface area contributed by atoms with Gasteiger partial charge in [0.25, 0.3) is 0 Å². The van der Waals surface area contributed by atoms with E-state index < -0.39 is 0 Å². The molecule has 2 heterocycles. The molecule has 1 aliphatic rings. The molecule has 5 nitrogen and oxygen atoms in total. The van der Waals surface area contributed by atoms with E-state index in [0.717, 1.165) is 5.76 Å². The van der Waals surface area contributed by atoms with Crippen molar-refractivity contribution in [2.24, 2.45) is 5.92 Å². The molecule has 2 rings (SSSR count). The maximum absolute atomic E-state index is 11.8. The molecule has 1 atom stereocenters. The standard InChI is InChI=1S/C13H18N2O3/c1-9(2)14-13(17)10-6-12(16)15(7-10)8-11-4-3-5-18-11/h3-5,9-10H,6-8H2,1-2H3,(H,14,17)/t10-/m0/s1. The summed E-state index contributed by atoms with van der Waals surface area (Å²) in [5.41, 5.74) is 0. The summed E-state index contributed by atoms with van der Waals surface area (Å²) in [5.74, 6) is 0.471. The molecule has 0 spiro atoms. The van der Waals surface area contributed by atoms with E-state index in [1.54, 1.807) is 17.2 Å². The zero-order chi connectivity index (χ0) is 13.1. The van der Waals surface area contributed by atoms with Crippen molar-refractivity contribution in [3.8, 4) is 0 Å². The summed E-state index contributed by atoms with van der Waals surface area (Å²) in [7, 11) is 0. The highest BCUT2D eigenvalue weighted by atomic mass is 16.3. The Kier molecular flexibility index (Phi) is 3.69. The third-order valence-corrected chi connectivity index (χ3v) is 2.94. The van der Waals surface area contributed by atoms with Crippen LogP contribution in [0.3, 0.4) is 0 Å². The van der Waals surface area contributed by atoms with Crippen LogP contribution < -0.4 is 5.32 Å². The van der Waals surface area contributed by atoms with E-state index in [1.165, 1.54) is 0 Å². The molecule has 1 N–H and O–H groups in total. The first-order chi connectivity index (χ1) is 8.56. The molecular weight excluding hydrogens is 232 g/mol. The van der Waals surface area contributed by atoms with E-state index in [4.69, 9.17) is 4.42 Å². The third kappa shape index (κ3) is 2.91. The third-order valence-electron chi connectivity index (χ3n) is 2.94. The monoisotopic (exact) mass is 250 g/mol. The average Bonchev–Trinajstić information content (AvgIpc) is 2.89. The lowest BCUT2D eigenvalue weighted by Gasteiger charge is -2.15. The van der Waals surface area contributed by atoms with Crippen LogP contribution in [-0.4, -0.2) is 29.3 Å². The highest BCUT2D eigenvalue weighted by molar-refractivity contribution is 5.89. The Morgan fingerprint density at radius 3 is 3.00 bits per heavy atom. The summed E-state index contributed by atoms with van der Waals surface area (Å²) in [6, 6.07) is 3.72. The van der Waals surface area contributed by atoms with E-state index in [0.29, 0.717) is 19.5 Å². The summed E-state index contributed by atoms with van der Waals surface area (Å²) in [5, 5.41) is 2.84. The van der Waals surface area contributed by atoms with Crippen LogP contribution in [0.15, 0.2) is 22.8 Å². The minimum absolute atomic E-state index is 0.00954. The largest absolute Gasteiger partial charge is 0.467 e. The number of carbonyl (C=O) groups is 2. The van der Waals surface area contributed by atoms with Gasteiger partial charge in [-0.1, -0.05) is 0 Å². The average molecular weight is 250 g/mol. The van der Waals surface area contributed by atoms with Crippen molar-refractivity contribution in [3.05, 3.63) is 24.2 Å². The number of hydrogen-bond donors (Lipinski definition) is 1. The summed E-state index contributed by atoms with van der Waals surface area (Å²) >= 11 is 0. The van der Waals surface area contributed by atoms with Gasteiger partial charge in [-0.2, -0.15) is 0 Å². The highest BCUT2D eigenvalue weighted by Gasteiger charge is 2.34. The molecule has 2 amide bonds. The minimum atomic E-state index is -0.241. The predicted octanol–water partition coefficient (Wildman–Crippen LogP) is 1.15. The van der Waals surface area contributed by atoms with Gasteiger partial charge in [0.15, 0.2) is 0 Å². The van der Waals surface area contributed by atoms with Crippen molar-refractivity contribution in [2.45, 2.75) is 32.9 Å². The van der Waals surface area contributed by atoms with Crippen LogP contribution in [0.25, 0.3) is 0 Å². The Labute approximate surface area is 106 Å². The number of nitrogens with one attached hydrogen (secondary N) is 1. The van der Waals surface area contributed by atoms with Crippen LogP contribution >= 0.6 is 0 Å². The molecule has 1 fully saturated rings. The van der Waals surface area contributed by atoms with Crippen molar-refractivity contribution in [1.29, 1.82) is 0 Å². The van der Waals surface area contributed by atoms with Gasteiger partial charge in [-0.3, -0.25) is 9.59 Å². The molecule has 1 aromatic heterocycles. The van der Waals surface area contributed by atoms with Gasteiger partial charge in [-0.25, -0.2) is 0 Å². The minimum Gasteiger partial charge on any atom is -0.467 e. The van der Waals surface area contributed by atoms with Crippen LogP contribution in [0.5, 0.6) is 0 Å². The number of hydrogen-bond acceptors (Lipinski definition) is 3. The van der Waals surface area contributed by atoms with Gasteiger partial charge in [0.1, 0.15) is 5.76 Å². The van der Waals surface area contributed by atoms with Crippen molar-refractivity contribution >= 4 is 11.8 Å². The normalized spacial score (nSPS) is 19.6. The summed E-state index contributed by atoms with van der Waals surface area (Å²) in [6.45, 7) is 4.74. The molecular formula is C13H18N2O3. The lowest BCUT2D eigenvalue weighted by molar-refractivity contribution is -0.129. The number of rotatable bonds is 4. The Hall–Kier alpha value is -1.78. The van der Waals surface area contributed by atoms with Crippen LogP contribution in [0, 0.1) is 5.92 Å². The lowest BCUT2D eigenvalue weighted by Crippen LogP contribution is -2.36. The zero-order valence-corrected chi connectivity index (χ0v) is 10.7. The van der Waals surface area contributed by atoms with E-state index in [1.807, 2.05) is 19.9 Å². The summed E-state index contributed by atoms with van der Waals surface area (Å²) < 4.78 is 5.21. The molecule has 18 heavy (non-hydrogen) atoms. The summed E-state index contributed by atoms with van der Waals surface area (Å²) in [6.07, 6.45) is 1.87. The van der Waals surface area contributed by atoms with Gasteiger partial charge in [0.2, 0.25) is 11.8 Å². The van der Waals surface area contributed by atoms with Gasteiger partial charge in [0, 0.05) is 19.0 Å². The highest BCUT2D eigenvalue weighted by Crippen LogP contribution is 2.20. The molecule has 98 valence electrons. The Morgan fingerprint density at radius 2 is 2.39 bits per heavy atom. The second-order valence-electron chi connectivity index (χ2n) is 4.92. The number of amides is 2. The number of furan rings is 1. The predicted molar refractivity (Wildman–Crippen MR) is 65.5 cm³/mol. The molecule has 5 heteroatoms. The molecule has 1 aromatic rings. The molecule has 1 aliphatic heterocycles. The topological polar surface area (TPSA) is 62.6 Å². The van der Waals surface area contributed by atoms with Gasteiger partial charge in [0.05, 0.1) is 18.7 Å². The fourth-order valence-electron chi connectivity index (χ4n) is 2.09. The first-order valence-electron chi connectivity index (χ1n) is 6.17. The Morgan fingerprint density at radius 1 is 1.61 bits per heavy atom. The Balaban J connectivity index is 1.92. The van der Waals surface area contributed by atoms with E-state index in [9.17, 15) is 9.59 Å². The second-order valence-corrected chi connectivity index (χ2v) is 4.92. The van der Waals surface area contributed by atoms with Crippen molar-refractivity contribution in [3.63, 3.8) is 0 Å². The molecule has 0 unspecified atom stereocenters. The van der Waals surface area contributed by atoms with Crippen LogP contribution in [0.4, 0.5) is 0 Å². The van der Waals surface area contributed by atoms with Crippen molar-refractivity contribution in [2.75, 3.05) is 6.54 Å². The van der Waals surface area contributed by atoms with Gasteiger partial charge in [-0.15, -0.1) is 0 Å². The Bertz CT molecular complexity index is 425. The molecule has 1 saturated heterocycles. The molecule has 0 bridgehead atoms. The quantitative estimate of drug-likeness (QED) is 0.872. The van der Waals surface area contributed by atoms with Crippen LogP contribution in [0.1, 0.15) is 26.0 Å². The molecule has 0 aliphatic carbocycles. The maximum Gasteiger partial charge on any atom is 0.225 e. The fraction of sp³-hybridized carbons (Fsp3) is 0.538. The second kappa shape index (κ2) is 5.25. The van der Waals surface area contributed by atoms with E-state index in [2.05, 4.69) is 5.32 Å². The molecule has 0 saturated carbocycles. The van der Waals surface area contributed by atoms with Crippen LogP contribution in [-0.2, 0) is 16.1 Å². The first-order valence-corrected chi connectivity index (χ1v) is 6.17. The van der Waals surface area contributed by atoms with E-state index in [-0.39, 0.29) is 23.8 Å². The van der Waals surface area contributed by atoms with Gasteiger partial charge < -0.3 is 14.6 Å². The van der Waals surface area contributed by atoms with E-state index >= 15 is 0 Å². The zero-order valence-electron chi connectivity index (χ0n) is 10.7. The first kappa shape index (κ1) is 12.7. The van der Waals surface area contributed by atoms with Gasteiger partial charge in [-0.05, 0) is 26.0 Å². The van der Waals surface area contributed by atoms with Gasteiger partial charge >= 0.3 is 0 Å². The van der Waals surface area contributed by atoms with Crippen molar-refractivity contribution in [1.82, 2.24) is 10.2 Å². The van der Waals surface area contributed by atoms with Crippen molar-refractivity contribution < 1.29 is 14.0 Å². The SMILES string of the molecule is CC(C)NC(=O)[C@H]1CC(=O)N(Cc2ccco2)C1. The summed E-state index contributed by atoms with van der Waals surface area (Å²) in [4.78, 5) is 25.3. The lowest BCUT2D eigenvalue weighted by atomic mass is 10.1. The fourth-order valence-corrected chi connectivity index (χ4v) is 2.09. The number of likely N-dealkylation sites (tertiary alicyclic amines) is 1. The smallest absolute Gasteiger partial charge is 0.225 e. The van der Waals surface area contributed by atoms with Crippen LogP contribution in [0.2, 0.25) is 0 Å².